The zero-order valence-corrected chi connectivity index (χ0v) is 17.0. The zero-order chi connectivity index (χ0) is 20.8. The first kappa shape index (κ1) is 20.7. The van der Waals surface area contributed by atoms with E-state index in [4.69, 9.17) is 18.9 Å². The molecule has 7 atom stereocenters. The Labute approximate surface area is 165 Å². The highest BCUT2D eigenvalue weighted by molar-refractivity contribution is 5.96. The Morgan fingerprint density at radius 3 is 2.54 bits per heavy atom. The van der Waals surface area contributed by atoms with Crippen molar-refractivity contribution in [1.29, 1.82) is 0 Å². The molecule has 0 radical (unpaired) electrons. The van der Waals surface area contributed by atoms with Gasteiger partial charge in [-0.25, -0.2) is 9.59 Å². The lowest BCUT2D eigenvalue weighted by Crippen LogP contribution is -2.46. The summed E-state index contributed by atoms with van der Waals surface area (Å²) in [6.07, 6.45) is 0.648. The molecule has 3 aliphatic rings. The minimum Gasteiger partial charge on any atom is -0.454 e. The predicted molar refractivity (Wildman–Crippen MR) is 99.3 cm³/mol. The van der Waals surface area contributed by atoms with Crippen molar-refractivity contribution in [2.75, 3.05) is 7.11 Å². The maximum atomic E-state index is 13.3. The van der Waals surface area contributed by atoms with Gasteiger partial charge in [-0.1, -0.05) is 19.1 Å². The molecule has 7 heteroatoms. The van der Waals surface area contributed by atoms with Crippen LogP contribution in [0.4, 0.5) is 0 Å². The second-order valence-corrected chi connectivity index (χ2v) is 8.13. The van der Waals surface area contributed by atoms with Crippen LogP contribution in [0.3, 0.4) is 0 Å². The molecule has 0 bridgehead atoms. The van der Waals surface area contributed by atoms with Gasteiger partial charge in [-0.05, 0) is 39.7 Å². The summed E-state index contributed by atoms with van der Waals surface area (Å²) in [4.78, 5) is 38.2. The Hall–Kier alpha value is -1.99. The molecule has 7 nitrogen and oxygen atoms in total. The molecular formula is C21H28O7. The van der Waals surface area contributed by atoms with Crippen molar-refractivity contribution in [2.24, 2.45) is 11.8 Å². The quantitative estimate of drug-likeness (QED) is 0.314. The summed E-state index contributed by atoms with van der Waals surface area (Å²) in [6, 6.07) is 0. The third-order valence-corrected chi connectivity index (χ3v) is 6.23. The average Bonchev–Trinajstić information content (AvgIpc) is 3.17. The number of ether oxygens (including phenoxy) is 4. The SMILES string of the molecule is C=C1C(=O)O[C@H]2/C=C(\C)CC[C@H](OC)[C@H](C)C(=O)[C@H](OC(=O)[C@]3(C)O[C@@H]3C)[C@@H]12. The van der Waals surface area contributed by atoms with Crippen LogP contribution in [0.15, 0.2) is 23.8 Å². The van der Waals surface area contributed by atoms with Gasteiger partial charge in [0.2, 0.25) is 0 Å². The Morgan fingerprint density at radius 1 is 1.32 bits per heavy atom. The van der Waals surface area contributed by atoms with Crippen molar-refractivity contribution in [3.05, 3.63) is 23.8 Å². The van der Waals surface area contributed by atoms with Gasteiger partial charge in [-0.15, -0.1) is 0 Å². The molecule has 0 N–H and O–H groups in total. The number of methoxy groups -OCH3 is 1. The van der Waals surface area contributed by atoms with E-state index in [1.807, 2.05) is 13.0 Å². The van der Waals surface area contributed by atoms with Crippen molar-refractivity contribution >= 4 is 17.7 Å². The van der Waals surface area contributed by atoms with E-state index in [0.717, 1.165) is 5.57 Å². The molecule has 2 heterocycles. The van der Waals surface area contributed by atoms with Crippen LogP contribution in [0.25, 0.3) is 0 Å². The van der Waals surface area contributed by atoms with Crippen molar-refractivity contribution in [2.45, 2.75) is 70.6 Å². The molecule has 0 unspecified atom stereocenters. The fraction of sp³-hybridized carbons (Fsp3) is 0.667. The molecule has 2 fully saturated rings. The average molecular weight is 392 g/mol. The first-order valence-electron chi connectivity index (χ1n) is 9.62. The van der Waals surface area contributed by atoms with E-state index < -0.39 is 41.6 Å². The molecule has 2 saturated heterocycles. The molecule has 0 amide bonds. The number of carbonyl (C=O) groups is 3. The van der Waals surface area contributed by atoms with Crippen molar-refractivity contribution in [1.82, 2.24) is 0 Å². The number of fused-ring (bicyclic) bond motifs is 1. The van der Waals surface area contributed by atoms with Gasteiger partial charge in [0.1, 0.15) is 6.10 Å². The Morgan fingerprint density at radius 2 is 1.96 bits per heavy atom. The van der Waals surface area contributed by atoms with E-state index in [9.17, 15) is 14.4 Å². The normalized spacial score (nSPS) is 42.9. The van der Waals surface area contributed by atoms with E-state index in [1.54, 1.807) is 27.9 Å². The number of hydrogen-bond acceptors (Lipinski definition) is 7. The van der Waals surface area contributed by atoms with Gasteiger partial charge in [-0.3, -0.25) is 4.79 Å². The third kappa shape index (κ3) is 3.53. The minimum atomic E-state index is -1.19. The number of carbonyl (C=O) groups excluding carboxylic acids is 3. The summed E-state index contributed by atoms with van der Waals surface area (Å²) < 4.78 is 22.0. The summed E-state index contributed by atoms with van der Waals surface area (Å²) in [6.45, 7) is 10.9. The van der Waals surface area contributed by atoms with Gasteiger partial charge in [0.05, 0.1) is 18.1 Å². The maximum absolute atomic E-state index is 13.3. The first-order valence-corrected chi connectivity index (χ1v) is 9.62. The third-order valence-electron chi connectivity index (χ3n) is 6.23. The summed E-state index contributed by atoms with van der Waals surface area (Å²) >= 11 is 0. The Bertz CT molecular complexity index is 739. The number of hydrogen-bond donors (Lipinski definition) is 0. The molecule has 1 aliphatic carbocycles. The predicted octanol–water partition coefficient (Wildman–Crippen LogP) is 2.13. The fourth-order valence-electron chi connectivity index (χ4n) is 3.94. The van der Waals surface area contributed by atoms with Crippen LogP contribution in [0.5, 0.6) is 0 Å². The van der Waals surface area contributed by atoms with Crippen LogP contribution in [-0.4, -0.2) is 54.8 Å². The lowest BCUT2D eigenvalue weighted by molar-refractivity contribution is -0.166. The van der Waals surface area contributed by atoms with Crippen LogP contribution in [0, 0.1) is 11.8 Å². The van der Waals surface area contributed by atoms with Crippen molar-refractivity contribution in [3.8, 4) is 0 Å². The second kappa shape index (κ2) is 7.44. The first-order chi connectivity index (χ1) is 13.1. The van der Waals surface area contributed by atoms with Crippen LogP contribution in [-0.2, 0) is 33.3 Å². The van der Waals surface area contributed by atoms with Gasteiger partial charge in [-0.2, -0.15) is 0 Å². The van der Waals surface area contributed by atoms with Gasteiger partial charge in [0.25, 0.3) is 0 Å². The minimum absolute atomic E-state index is 0.136. The largest absolute Gasteiger partial charge is 0.454 e. The van der Waals surface area contributed by atoms with E-state index in [-0.39, 0.29) is 23.6 Å². The van der Waals surface area contributed by atoms with Crippen LogP contribution in [0.1, 0.15) is 40.5 Å². The zero-order valence-electron chi connectivity index (χ0n) is 17.0. The molecule has 0 aromatic rings. The monoisotopic (exact) mass is 392 g/mol. The van der Waals surface area contributed by atoms with E-state index in [1.165, 1.54) is 0 Å². The van der Waals surface area contributed by atoms with E-state index in [2.05, 4.69) is 6.58 Å². The summed E-state index contributed by atoms with van der Waals surface area (Å²) in [5.74, 6) is -2.80. The molecule has 28 heavy (non-hydrogen) atoms. The molecule has 0 saturated carbocycles. The summed E-state index contributed by atoms with van der Waals surface area (Å²) in [7, 11) is 1.56. The standard InChI is InChI=1S/C21H28O7/c1-10-7-8-14(25-6)11(2)17(22)18(27-20(24)21(5)13(4)28-21)16-12(3)19(23)26-15(16)9-10/h9,11,13-16,18H,3,7-8H2,1-2,4-6H3/b10-9+/t11-,13+,14-,15-,16-,18+,21+/m0/s1. The Kier molecular flexibility index (Phi) is 5.51. The molecule has 154 valence electrons. The van der Waals surface area contributed by atoms with E-state index in [0.29, 0.717) is 12.8 Å². The van der Waals surface area contributed by atoms with Gasteiger partial charge in [0, 0.05) is 18.6 Å². The van der Waals surface area contributed by atoms with Crippen LogP contribution in [0.2, 0.25) is 0 Å². The lowest BCUT2D eigenvalue weighted by atomic mass is 9.80. The number of esters is 2. The number of Topliss-reactive ketones (excluding diaryl/α,β-unsaturated/α-hetero) is 1. The highest BCUT2D eigenvalue weighted by Gasteiger charge is 2.59. The van der Waals surface area contributed by atoms with Gasteiger partial charge < -0.3 is 18.9 Å². The molecular weight excluding hydrogens is 364 g/mol. The molecule has 0 aromatic heterocycles. The molecule has 0 spiro atoms. The summed E-state index contributed by atoms with van der Waals surface area (Å²) in [5.41, 5.74) is 0.0695. The highest BCUT2D eigenvalue weighted by Crippen LogP contribution is 2.40. The second-order valence-electron chi connectivity index (χ2n) is 8.13. The lowest BCUT2D eigenvalue weighted by Gasteiger charge is -2.31. The number of allylic oxidation sites excluding steroid dienone is 1. The van der Waals surface area contributed by atoms with Crippen LogP contribution >= 0.6 is 0 Å². The molecule has 2 aliphatic heterocycles. The number of epoxide rings is 1. The van der Waals surface area contributed by atoms with Crippen LogP contribution < -0.4 is 0 Å². The summed E-state index contributed by atoms with van der Waals surface area (Å²) in [5, 5.41) is 0. The van der Waals surface area contributed by atoms with Crippen molar-refractivity contribution < 1.29 is 33.3 Å². The number of rotatable bonds is 3. The van der Waals surface area contributed by atoms with Gasteiger partial charge >= 0.3 is 11.9 Å². The Balaban J connectivity index is 2.00. The fourth-order valence-corrected chi connectivity index (χ4v) is 3.94. The number of ketones is 1. The molecule has 0 aromatic carbocycles. The smallest absolute Gasteiger partial charge is 0.341 e. The highest BCUT2D eigenvalue weighted by atomic mass is 16.7. The topological polar surface area (TPSA) is 91.4 Å². The maximum Gasteiger partial charge on any atom is 0.341 e. The van der Waals surface area contributed by atoms with E-state index >= 15 is 0 Å². The molecule has 3 rings (SSSR count). The van der Waals surface area contributed by atoms with Gasteiger partial charge in [0.15, 0.2) is 17.5 Å². The van der Waals surface area contributed by atoms with Crippen molar-refractivity contribution in [3.63, 3.8) is 0 Å².